The number of carbonyl (C=O) groups is 2. The van der Waals surface area contributed by atoms with Crippen LogP contribution in [0.3, 0.4) is 0 Å². The number of benzene rings is 2. The summed E-state index contributed by atoms with van der Waals surface area (Å²) in [5.74, 6) is -0.163. The van der Waals surface area contributed by atoms with Gasteiger partial charge in [0.25, 0.3) is 0 Å². The highest BCUT2D eigenvalue weighted by molar-refractivity contribution is 7.98. The largest absolute Gasteiger partial charge is 0.325 e. The number of hydrogen-bond donors (Lipinski definition) is 3. The molecule has 1 aromatic heterocycles. The van der Waals surface area contributed by atoms with Gasteiger partial charge < -0.3 is 10.6 Å². The number of thiazole rings is 1. The average molecular weight is 433 g/mol. The van der Waals surface area contributed by atoms with Crippen LogP contribution in [0.15, 0.2) is 58.8 Å². The van der Waals surface area contributed by atoms with Gasteiger partial charge in [0.15, 0.2) is 5.13 Å². The third kappa shape index (κ3) is 5.72. The molecule has 0 spiro atoms. The first kappa shape index (κ1) is 20.2. The summed E-state index contributed by atoms with van der Waals surface area (Å²) in [6.45, 7) is 0. The summed E-state index contributed by atoms with van der Waals surface area (Å²) in [6, 6.07) is 14.0. The molecule has 0 saturated carbocycles. The molecule has 0 aliphatic carbocycles. The lowest BCUT2D eigenvalue weighted by molar-refractivity contribution is -0.115. The molecule has 9 heteroatoms. The topological polar surface area (TPSA) is 83.1 Å². The van der Waals surface area contributed by atoms with Crippen LogP contribution < -0.4 is 16.0 Å². The maximum atomic E-state index is 12.3. The first-order valence-electron chi connectivity index (χ1n) is 8.24. The van der Waals surface area contributed by atoms with Gasteiger partial charge in [-0.05, 0) is 42.7 Å². The van der Waals surface area contributed by atoms with Crippen molar-refractivity contribution in [3.8, 4) is 0 Å². The normalized spacial score (nSPS) is 10.4. The van der Waals surface area contributed by atoms with Crippen molar-refractivity contribution in [3.63, 3.8) is 0 Å². The van der Waals surface area contributed by atoms with E-state index in [1.807, 2.05) is 30.5 Å². The van der Waals surface area contributed by atoms with Gasteiger partial charge in [-0.1, -0.05) is 23.7 Å². The van der Waals surface area contributed by atoms with Crippen molar-refractivity contribution >= 4 is 63.1 Å². The van der Waals surface area contributed by atoms with Gasteiger partial charge in [-0.2, -0.15) is 0 Å². The number of amides is 3. The molecule has 0 aliphatic heterocycles. The molecule has 0 fully saturated rings. The van der Waals surface area contributed by atoms with Crippen molar-refractivity contribution in [2.45, 2.75) is 11.3 Å². The number of nitrogens with zero attached hydrogens (tertiary/aromatic N) is 1. The van der Waals surface area contributed by atoms with E-state index in [1.54, 1.807) is 41.4 Å². The van der Waals surface area contributed by atoms with Gasteiger partial charge in [0.05, 0.1) is 17.8 Å². The molecule has 144 valence electrons. The predicted molar refractivity (Wildman–Crippen MR) is 117 cm³/mol. The Kier molecular flexibility index (Phi) is 6.91. The zero-order valence-electron chi connectivity index (χ0n) is 14.9. The first-order chi connectivity index (χ1) is 13.5. The molecule has 0 radical (unpaired) electrons. The predicted octanol–water partition coefficient (Wildman–Crippen LogP) is 5.34. The van der Waals surface area contributed by atoms with E-state index < -0.39 is 6.03 Å². The van der Waals surface area contributed by atoms with Gasteiger partial charge in [0.2, 0.25) is 5.91 Å². The minimum atomic E-state index is -0.415. The van der Waals surface area contributed by atoms with E-state index in [4.69, 9.17) is 11.6 Å². The lowest BCUT2D eigenvalue weighted by atomic mass is 10.3. The van der Waals surface area contributed by atoms with Gasteiger partial charge >= 0.3 is 6.03 Å². The Morgan fingerprint density at radius 2 is 1.82 bits per heavy atom. The maximum Gasteiger partial charge on any atom is 0.325 e. The third-order valence-electron chi connectivity index (χ3n) is 3.60. The Bertz CT molecular complexity index is 976. The Balaban J connectivity index is 1.54. The number of thioether (sulfide) groups is 1. The SMILES string of the molecule is CSc1ccccc1NC(=O)Cc1csc(NC(=O)Nc2ccc(Cl)cc2)n1. The molecule has 6 nitrogen and oxygen atoms in total. The number of anilines is 3. The second kappa shape index (κ2) is 9.59. The molecule has 3 aromatic rings. The molecule has 3 N–H and O–H groups in total. The van der Waals surface area contributed by atoms with E-state index in [0.717, 1.165) is 10.6 Å². The zero-order valence-corrected chi connectivity index (χ0v) is 17.3. The molecular formula is C19H17ClN4O2S2. The summed E-state index contributed by atoms with van der Waals surface area (Å²) >= 11 is 8.64. The molecule has 0 aliphatic rings. The highest BCUT2D eigenvalue weighted by Gasteiger charge is 2.11. The molecule has 28 heavy (non-hydrogen) atoms. The number of aromatic nitrogens is 1. The monoisotopic (exact) mass is 432 g/mol. The highest BCUT2D eigenvalue weighted by atomic mass is 35.5. The maximum absolute atomic E-state index is 12.3. The Morgan fingerprint density at radius 3 is 2.57 bits per heavy atom. The highest BCUT2D eigenvalue weighted by Crippen LogP contribution is 2.25. The summed E-state index contributed by atoms with van der Waals surface area (Å²) in [5.41, 5.74) is 1.98. The lowest BCUT2D eigenvalue weighted by Gasteiger charge is -2.08. The van der Waals surface area contributed by atoms with Crippen LogP contribution in [0.5, 0.6) is 0 Å². The van der Waals surface area contributed by atoms with Crippen molar-refractivity contribution < 1.29 is 9.59 Å². The van der Waals surface area contributed by atoms with Crippen molar-refractivity contribution in [2.75, 3.05) is 22.2 Å². The third-order valence-corrected chi connectivity index (χ3v) is 5.45. The Labute approximate surface area is 175 Å². The quantitative estimate of drug-likeness (QED) is 0.459. The summed E-state index contributed by atoms with van der Waals surface area (Å²) in [4.78, 5) is 29.6. The van der Waals surface area contributed by atoms with E-state index in [9.17, 15) is 9.59 Å². The fraction of sp³-hybridized carbons (Fsp3) is 0.105. The smallest absolute Gasteiger partial charge is 0.325 e. The number of rotatable bonds is 6. The second-order valence-corrected chi connectivity index (χ2v) is 7.80. The molecule has 0 atom stereocenters. The second-order valence-electron chi connectivity index (χ2n) is 5.66. The summed E-state index contributed by atoms with van der Waals surface area (Å²) in [6.07, 6.45) is 2.08. The van der Waals surface area contributed by atoms with Gasteiger partial charge in [-0.25, -0.2) is 9.78 Å². The lowest BCUT2D eigenvalue weighted by Crippen LogP contribution is -2.19. The molecule has 1 heterocycles. The van der Waals surface area contributed by atoms with Gasteiger partial charge in [0.1, 0.15) is 0 Å². The molecule has 0 saturated heterocycles. The first-order valence-corrected chi connectivity index (χ1v) is 10.7. The van der Waals surface area contributed by atoms with Crippen LogP contribution >= 0.6 is 34.7 Å². The standard InChI is InChI=1S/C19H17ClN4O2S2/c1-27-16-5-3-2-4-15(16)23-17(25)10-14-11-28-19(22-14)24-18(26)21-13-8-6-12(20)7-9-13/h2-9,11H,10H2,1H3,(H,23,25)(H2,21,22,24,26). The van der Waals surface area contributed by atoms with Gasteiger partial charge in [0, 0.05) is 21.0 Å². The number of carbonyl (C=O) groups excluding carboxylic acids is 2. The van der Waals surface area contributed by atoms with E-state index in [1.165, 1.54) is 11.3 Å². The zero-order chi connectivity index (χ0) is 19.9. The summed E-state index contributed by atoms with van der Waals surface area (Å²) < 4.78 is 0. The number of hydrogen-bond acceptors (Lipinski definition) is 5. The average Bonchev–Trinajstić information content (AvgIpc) is 3.10. The molecule has 2 aromatic carbocycles. The van der Waals surface area contributed by atoms with Crippen LogP contribution in [0.25, 0.3) is 0 Å². The van der Waals surface area contributed by atoms with E-state index in [-0.39, 0.29) is 12.3 Å². The Morgan fingerprint density at radius 1 is 1.07 bits per heavy atom. The fourth-order valence-corrected chi connectivity index (χ4v) is 3.73. The Hall–Kier alpha value is -2.55. The minimum absolute atomic E-state index is 0.125. The van der Waals surface area contributed by atoms with Crippen LogP contribution in [0, 0.1) is 0 Å². The van der Waals surface area contributed by atoms with Crippen LogP contribution in [0.4, 0.5) is 21.3 Å². The van der Waals surface area contributed by atoms with Crippen molar-refractivity contribution in [2.24, 2.45) is 0 Å². The van der Waals surface area contributed by atoms with Crippen LogP contribution in [-0.2, 0) is 11.2 Å². The van der Waals surface area contributed by atoms with Gasteiger partial charge in [-0.3, -0.25) is 10.1 Å². The summed E-state index contributed by atoms with van der Waals surface area (Å²) in [7, 11) is 0. The van der Waals surface area contributed by atoms with Gasteiger partial charge in [-0.15, -0.1) is 23.1 Å². The molecule has 0 unspecified atom stereocenters. The number of nitrogens with one attached hydrogen (secondary N) is 3. The van der Waals surface area contributed by atoms with Crippen molar-refractivity contribution in [1.82, 2.24) is 4.98 Å². The van der Waals surface area contributed by atoms with Crippen molar-refractivity contribution in [3.05, 3.63) is 64.6 Å². The fourth-order valence-electron chi connectivity index (χ4n) is 2.35. The van der Waals surface area contributed by atoms with E-state index >= 15 is 0 Å². The van der Waals surface area contributed by atoms with E-state index in [0.29, 0.717) is 21.5 Å². The van der Waals surface area contributed by atoms with Crippen LogP contribution in [0.2, 0.25) is 5.02 Å². The van der Waals surface area contributed by atoms with Crippen LogP contribution in [-0.4, -0.2) is 23.2 Å². The number of urea groups is 1. The number of para-hydroxylation sites is 1. The molecule has 3 amide bonds. The van der Waals surface area contributed by atoms with Crippen molar-refractivity contribution in [1.29, 1.82) is 0 Å². The molecule has 0 bridgehead atoms. The molecule has 3 rings (SSSR count). The molecular weight excluding hydrogens is 416 g/mol. The van der Waals surface area contributed by atoms with E-state index in [2.05, 4.69) is 20.9 Å². The minimum Gasteiger partial charge on any atom is -0.325 e. The number of halogens is 1. The van der Waals surface area contributed by atoms with Crippen LogP contribution in [0.1, 0.15) is 5.69 Å². The summed E-state index contributed by atoms with van der Waals surface area (Å²) in [5, 5.41) is 11.0.